The number of nitrogens with zero attached hydrogens (tertiary/aromatic N) is 1. The smallest absolute Gasteiger partial charge is 0.387 e. The summed E-state index contributed by atoms with van der Waals surface area (Å²) in [5.41, 5.74) is 6.77. The summed E-state index contributed by atoms with van der Waals surface area (Å²) in [5.74, 6) is -1.61. The van der Waals surface area contributed by atoms with Crippen molar-refractivity contribution in [1.82, 2.24) is 10.3 Å². The molecule has 4 rings (SSSR count). The molecule has 1 unspecified atom stereocenters. The van der Waals surface area contributed by atoms with E-state index in [4.69, 9.17) is 10.5 Å². The lowest BCUT2D eigenvalue weighted by molar-refractivity contribution is -0.0515. The number of halogens is 5. The average molecular weight is 546 g/mol. The molecule has 1 atom stereocenters. The van der Waals surface area contributed by atoms with E-state index in [2.05, 4.69) is 15.0 Å². The molecule has 1 fully saturated rings. The molecule has 1 aliphatic rings. The van der Waals surface area contributed by atoms with E-state index in [1.54, 1.807) is 19.1 Å². The molecule has 1 heterocycles. The molecule has 6 nitrogen and oxygen atoms in total. The van der Waals surface area contributed by atoms with Crippen LogP contribution >= 0.6 is 23.7 Å². The van der Waals surface area contributed by atoms with Crippen LogP contribution in [0.5, 0.6) is 11.5 Å². The van der Waals surface area contributed by atoms with Crippen LogP contribution in [-0.4, -0.2) is 24.1 Å². The average Bonchev–Trinajstić information content (AvgIpc) is 3.52. The Hall–Kier alpha value is -2.89. The Kier molecular flexibility index (Phi) is 9.15. The molecule has 0 spiro atoms. The standard InChI is InChI=1S/C24H23F4N3O3S.ClH/c1-12(29)21-20(22(32)30-10-15-4-6-16(25)9-17(15)26)31-23(35-21)14-5-7-18(34-24(27)28)19(8-14)33-11-13-2-3-13;/h4-9,12-13,24H,2-3,10-11,29H2,1H3,(H,30,32);1H. The van der Waals surface area contributed by atoms with E-state index in [0.29, 0.717) is 28.0 Å². The van der Waals surface area contributed by atoms with Gasteiger partial charge in [0.05, 0.1) is 11.5 Å². The topological polar surface area (TPSA) is 86.5 Å². The van der Waals surface area contributed by atoms with Gasteiger partial charge in [-0.05, 0) is 49.9 Å². The summed E-state index contributed by atoms with van der Waals surface area (Å²) in [6.45, 7) is -1.10. The second-order valence-electron chi connectivity index (χ2n) is 8.23. The molecule has 3 N–H and O–H groups in total. The quantitative estimate of drug-likeness (QED) is 0.312. The van der Waals surface area contributed by atoms with Gasteiger partial charge < -0.3 is 20.5 Å². The van der Waals surface area contributed by atoms with Gasteiger partial charge in [-0.15, -0.1) is 23.7 Å². The third kappa shape index (κ3) is 6.86. The van der Waals surface area contributed by atoms with E-state index < -0.39 is 30.2 Å². The maximum atomic E-state index is 13.9. The Morgan fingerprint density at radius 1 is 1.19 bits per heavy atom. The van der Waals surface area contributed by atoms with Crippen LogP contribution in [0.2, 0.25) is 0 Å². The monoisotopic (exact) mass is 545 g/mol. The SMILES string of the molecule is CC(N)c1sc(-c2ccc(OC(F)F)c(OCC3CC3)c2)nc1C(=O)NCc1ccc(F)cc1F.Cl. The summed E-state index contributed by atoms with van der Waals surface area (Å²) in [6.07, 6.45) is 2.05. The predicted molar refractivity (Wildman–Crippen MR) is 130 cm³/mol. The number of aromatic nitrogens is 1. The molecule has 1 aliphatic carbocycles. The van der Waals surface area contributed by atoms with Crippen LogP contribution in [0, 0.1) is 17.6 Å². The minimum absolute atomic E-state index is 0. The van der Waals surface area contributed by atoms with Crippen LogP contribution in [0.25, 0.3) is 10.6 Å². The number of hydrogen-bond donors (Lipinski definition) is 2. The molecule has 0 aliphatic heterocycles. The fourth-order valence-corrected chi connectivity index (χ4v) is 4.30. The van der Waals surface area contributed by atoms with Crippen molar-refractivity contribution in [1.29, 1.82) is 0 Å². The summed E-state index contributed by atoms with van der Waals surface area (Å²) in [7, 11) is 0. The van der Waals surface area contributed by atoms with Crippen LogP contribution < -0.4 is 20.5 Å². The van der Waals surface area contributed by atoms with Crippen LogP contribution in [0.15, 0.2) is 36.4 Å². The molecule has 0 bridgehead atoms. The van der Waals surface area contributed by atoms with Crippen molar-refractivity contribution in [2.24, 2.45) is 11.7 Å². The summed E-state index contributed by atoms with van der Waals surface area (Å²) in [4.78, 5) is 17.8. The van der Waals surface area contributed by atoms with Crippen LogP contribution in [0.1, 0.15) is 46.7 Å². The lowest BCUT2D eigenvalue weighted by Gasteiger charge is -2.13. The van der Waals surface area contributed by atoms with Crippen molar-refractivity contribution in [3.63, 3.8) is 0 Å². The zero-order valence-electron chi connectivity index (χ0n) is 19.1. The zero-order chi connectivity index (χ0) is 25.1. The number of carbonyl (C=O) groups excluding carboxylic acids is 1. The van der Waals surface area contributed by atoms with E-state index >= 15 is 0 Å². The molecular formula is C24H24ClF4N3O3S. The maximum Gasteiger partial charge on any atom is 0.387 e. The molecule has 1 amide bonds. The molecule has 3 aromatic rings. The van der Waals surface area contributed by atoms with Gasteiger partial charge in [-0.3, -0.25) is 4.79 Å². The van der Waals surface area contributed by atoms with Gasteiger partial charge in [0, 0.05) is 29.8 Å². The van der Waals surface area contributed by atoms with Gasteiger partial charge in [-0.25, -0.2) is 13.8 Å². The summed E-state index contributed by atoms with van der Waals surface area (Å²) in [6, 6.07) is 7.00. The predicted octanol–water partition coefficient (Wildman–Crippen LogP) is 5.85. The van der Waals surface area contributed by atoms with E-state index in [9.17, 15) is 22.4 Å². The molecular weight excluding hydrogens is 522 g/mol. The molecule has 0 radical (unpaired) electrons. The number of amides is 1. The van der Waals surface area contributed by atoms with Gasteiger partial charge in [0.2, 0.25) is 0 Å². The van der Waals surface area contributed by atoms with Gasteiger partial charge in [0.15, 0.2) is 11.5 Å². The number of nitrogens with two attached hydrogens (primary N) is 1. The van der Waals surface area contributed by atoms with Gasteiger partial charge in [0.1, 0.15) is 22.3 Å². The Bertz CT molecular complexity index is 1220. The number of benzene rings is 2. The fourth-order valence-electron chi connectivity index (χ4n) is 3.29. The van der Waals surface area contributed by atoms with E-state index in [0.717, 1.165) is 25.0 Å². The van der Waals surface area contributed by atoms with Crippen LogP contribution in [0.4, 0.5) is 17.6 Å². The van der Waals surface area contributed by atoms with Crippen molar-refractivity contribution in [3.8, 4) is 22.1 Å². The van der Waals surface area contributed by atoms with Crippen molar-refractivity contribution in [2.75, 3.05) is 6.61 Å². The second-order valence-corrected chi connectivity index (χ2v) is 9.26. The number of rotatable bonds is 10. The highest BCUT2D eigenvalue weighted by Gasteiger charge is 2.25. The second kappa shape index (κ2) is 11.9. The first kappa shape index (κ1) is 27.7. The molecule has 36 heavy (non-hydrogen) atoms. The summed E-state index contributed by atoms with van der Waals surface area (Å²) in [5, 5.41) is 3.00. The number of nitrogens with one attached hydrogen (secondary N) is 1. The van der Waals surface area contributed by atoms with Gasteiger partial charge >= 0.3 is 6.61 Å². The number of hydrogen-bond acceptors (Lipinski definition) is 6. The molecule has 194 valence electrons. The maximum absolute atomic E-state index is 13.9. The number of carbonyl (C=O) groups is 1. The van der Waals surface area contributed by atoms with Gasteiger partial charge in [-0.2, -0.15) is 8.78 Å². The number of ether oxygens (including phenoxy) is 2. The first-order valence-corrected chi connectivity index (χ1v) is 11.7. The Morgan fingerprint density at radius 2 is 1.94 bits per heavy atom. The third-order valence-electron chi connectivity index (χ3n) is 5.31. The van der Waals surface area contributed by atoms with Gasteiger partial charge in [-0.1, -0.05) is 6.07 Å². The normalized spacial score (nSPS) is 13.8. The Morgan fingerprint density at radius 3 is 2.58 bits per heavy atom. The first-order chi connectivity index (χ1) is 16.7. The Labute approximate surface area is 215 Å². The molecule has 2 aromatic carbocycles. The molecule has 1 saturated carbocycles. The molecule has 0 saturated heterocycles. The van der Waals surface area contributed by atoms with Crippen molar-refractivity contribution in [2.45, 2.75) is 39.0 Å². The van der Waals surface area contributed by atoms with Crippen molar-refractivity contribution >= 4 is 29.7 Å². The van der Waals surface area contributed by atoms with Crippen LogP contribution in [-0.2, 0) is 6.54 Å². The van der Waals surface area contributed by atoms with Crippen molar-refractivity contribution < 1.29 is 31.8 Å². The third-order valence-corrected chi connectivity index (χ3v) is 6.62. The lowest BCUT2D eigenvalue weighted by atomic mass is 10.2. The summed E-state index contributed by atoms with van der Waals surface area (Å²) < 4.78 is 63.0. The zero-order valence-corrected chi connectivity index (χ0v) is 20.7. The first-order valence-electron chi connectivity index (χ1n) is 10.9. The van der Waals surface area contributed by atoms with E-state index in [1.165, 1.54) is 23.5 Å². The lowest BCUT2D eigenvalue weighted by Crippen LogP contribution is -2.25. The minimum atomic E-state index is -3.00. The Balaban J connectivity index is 0.00000361. The number of alkyl halides is 2. The summed E-state index contributed by atoms with van der Waals surface area (Å²) >= 11 is 1.18. The molecule has 1 aromatic heterocycles. The van der Waals surface area contributed by atoms with Crippen LogP contribution in [0.3, 0.4) is 0 Å². The number of thiazole rings is 1. The minimum Gasteiger partial charge on any atom is -0.489 e. The van der Waals surface area contributed by atoms with Gasteiger partial charge in [0.25, 0.3) is 5.91 Å². The largest absolute Gasteiger partial charge is 0.489 e. The van der Waals surface area contributed by atoms with Crippen molar-refractivity contribution in [3.05, 3.63) is 64.2 Å². The molecule has 12 heteroatoms. The highest BCUT2D eigenvalue weighted by Crippen LogP contribution is 2.38. The fraction of sp³-hybridized carbons (Fsp3) is 0.333. The highest BCUT2D eigenvalue weighted by atomic mass is 35.5. The van der Waals surface area contributed by atoms with E-state index in [-0.39, 0.29) is 41.7 Å². The van der Waals surface area contributed by atoms with E-state index in [1.807, 2.05) is 0 Å². The highest BCUT2D eigenvalue weighted by molar-refractivity contribution is 7.15.